The minimum absolute atomic E-state index is 0. The Morgan fingerprint density at radius 1 is 1.24 bits per heavy atom. The zero-order valence-corrected chi connectivity index (χ0v) is 11.8. The highest BCUT2D eigenvalue weighted by atomic mass is 35.5. The monoisotopic (exact) mass is 326 g/mol. The summed E-state index contributed by atoms with van der Waals surface area (Å²) in [5, 5.41) is 4.87. The van der Waals surface area contributed by atoms with E-state index in [9.17, 15) is 22.4 Å². The van der Waals surface area contributed by atoms with Gasteiger partial charge in [-0.15, -0.1) is 12.4 Å². The van der Waals surface area contributed by atoms with Crippen molar-refractivity contribution in [3.05, 3.63) is 29.6 Å². The smallest absolute Gasteiger partial charge is 0.318 e. The number of piperidine rings is 1. The highest BCUT2D eigenvalue weighted by Crippen LogP contribution is 2.30. The van der Waals surface area contributed by atoms with E-state index in [0.717, 1.165) is 25.2 Å². The van der Waals surface area contributed by atoms with Crippen LogP contribution in [0.5, 0.6) is 0 Å². The number of amides is 1. The summed E-state index contributed by atoms with van der Waals surface area (Å²) in [6.07, 6.45) is -3.52. The molecule has 1 aromatic rings. The largest absolute Gasteiger partial charge is 0.471 e. The average molecular weight is 327 g/mol. The lowest BCUT2D eigenvalue weighted by Crippen LogP contribution is -2.30. The summed E-state index contributed by atoms with van der Waals surface area (Å²) in [4.78, 5) is 10.9. The number of anilines is 1. The lowest BCUT2D eigenvalue weighted by atomic mass is 9.89. The first-order valence-corrected chi connectivity index (χ1v) is 6.26. The number of hydrogen-bond acceptors (Lipinski definition) is 2. The SMILES string of the molecule is Cl.O=C(Nc1ccc(F)c(C2CCNCC2)c1)C(F)(F)F. The highest BCUT2D eigenvalue weighted by Gasteiger charge is 2.38. The molecule has 0 saturated carbocycles. The van der Waals surface area contributed by atoms with Crippen LogP contribution in [0.1, 0.15) is 24.3 Å². The van der Waals surface area contributed by atoms with Gasteiger partial charge in [-0.25, -0.2) is 4.39 Å². The Kier molecular flexibility index (Phi) is 5.98. The van der Waals surface area contributed by atoms with Gasteiger partial charge in [0.1, 0.15) is 5.82 Å². The van der Waals surface area contributed by atoms with Crippen molar-refractivity contribution < 1.29 is 22.4 Å². The fourth-order valence-corrected chi connectivity index (χ4v) is 2.27. The van der Waals surface area contributed by atoms with Gasteiger partial charge in [-0.1, -0.05) is 0 Å². The lowest BCUT2D eigenvalue weighted by Gasteiger charge is -2.24. The Morgan fingerprint density at radius 2 is 1.86 bits per heavy atom. The summed E-state index contributed by atoms with van der Waals surface area (Å²) in [6, 6.07) is 3.50. The quantitative estimate of drug-likeness (QED) is 0.819. The molecule has 1 aliphatic rings. The van der Waals surface area contributed by atoms with Gasteiger partial charge in [-0.2, -0.15) is 13.2 Å². The lowest BCUT2D eigenvalue weighted by molar-refractivity contribution is -0.167. The Hall–Kier alpha value is -1.34. The van der Waals surface area contributed by atoms with Crippen LogP contribution in [-0.4, -0.2) is 25.2 Å². The van der Waals surface area contributed by atoms with Gasteiger partial charge in [0.2, 0.25) is 0 Å². The van der Waals surface area contributed by atoms with E-state index in [1.807, 2.05) is 0 Å². The molecule has 1 aromatic carbocycles. The number of carbonyl (C=O) groups is 1. The predicted octanol–water partition coefficient (Wildman–Crippen LogP) is 3.22. The fraction of sp³-hybridized carbons (Fsp3) is 0.462. The van der Waals surface area contributed by atoms with Crippen LogP contribution in [-0.2, 0) is 4.79 Å². The summed E-state index contributed by atoms with van der Waals surface area (Å²) < 4.78 is 50.3. The van der Waals surface area contributed by atoms with E-state index in [1.165, 1.54) is 6.07 Å². The van der Waals surface area contributed by atoms with E-state index in [1.54, 1.807) is 5.32 Å². The van der Waals surface area contributed by atoms with Crippen molar-refractivity contribution in [3.8, 4) is 0 Å². The van der Waals surface area contributed by atoms with Gasteiger partial charge in [0, 0.05) is 5.69 Å². The molecular formula is C13H15ClF4N2O. The van der Waals surface area contributed by atoms with Crippen molar-refractivity contribution in [1.29, 1.82) is 0 Å². The van der Waals surface area contributed by atoms with Crippen molar-refractivity contribution in [1.82, 2.24) is 5.32 Å². The van der Waals surface area contributed by atoms with Crippen LogP contribution in [0.3, 0.4) is 0 Å². The second kappa shape index (κ2) is 7.09. The third kappa shape index (κ3) is 4.57. The van der Waals surface area contributed by atoms with Gasteiger partial charge in [0.25, 0.3) is 0 Å². The number of alkyl halides is 3. The molecule has 0 aliphatic carbocycles. The fourth-order valence-electron chi connectivity index (χ4n) is 2.27. The van der Waals surface area contributed by atoms with Gasteiger partial charge in [0.15, 0.2) is 0 Å². The Morgan fingerprint density at radius 3 is 2.43 bits per heavy atom. The molecule has 1 heterocycles. The Bertz CT molecular complexity index is 501. The molecule has 0 aromatic heterocycles. The summed E-state index contributed by atoms with van der Waals surface area (Å²) in [5.74, 6) is -2.55. The first kappa shape index (κ1) is 17.7. The minimum atomic E-state index is -4.96. The molecule has 1 amide bonds. The maximum atomic E-state index is 13.8. The second-order valence-corrected chi connectivity index (χ2v) is 4.71. The molecule has 2 rings (SSSR count). The minimum Gasteiger partial charge on any atom is -0.318 e. The van der Waals surface area contributed by atoms with Gasteiger partial charge in [-0.3, -0.25) is 4.79 Å². The molecule has 2 N–H and O–H groups in total. The standard InChI is InChI=1S/C13H14F4N2O.ClH/c14-11-2-1-9(19-12(20)13(15,16)17)7-10(11)8-3-5-18-6-4-8;/h1-2,7-8,18H,3-6H2,(H,19,20);1H. The van der Waals surface area contributed by atoms with Crippen LogP contribution in [0.4, 0.5) is 23.2 Å². The third-order valence-corrected chi connectivity index (χ3v) is 3.29. The molecule has 0 unspecified atom stereocenters. The zero-order chi connectivity index (χ0) is 14.8. The summed E-state index contributed by atoms with van der Waals surface area (Å²) >= 11 is 0. The molecule has 8 heteroatoms. The van der Waals surface area contributed by atoms with Crippen LogP contribution in [0.15, 0.2) is 18.2 Å². The number of halogens is 5. The zero-order valence-electron chi connectivity index (χ0n) is 11.0. The number of carbonyl (C=O) groups excluding carboxylic acids is 1. The average Bonchev–Trinajstić information content (AvgIpc) is 2.41. The van der Waals surface area contributed by atoms with Gasteiger partial charge in [0.05, 0.1) is 0 Å². The van der Waals surface area contributed by atoms with Gasteiger partial charge >= 0.3 is 12.1 Å². The van der Waals surface area contributed by atoms with Crippen LogP contribution >= 0.6 is 12.4 Å². The number of rotatable bonds is 2. The summed E-state index contributed by atoms with van der Waals surface area (Å²) in [6.45, 7) is 1.48. The van der Waals surface area contributed by atoms with E-state index >= 15 is 0 Å². The van der Waals surface area contributed by atoms with Crippen LogP contribution < -0.4 is 10.6 Å². The van der Waals surface area contributed by atoms with Gasteiger partial charge in [-0.05, 0) is 55.6 Å². The number of benzene rings is 1. The second-order valence-electron chi connectivity index (χ2n) is 4.71. The van der Waals surface area contributed by atoms with E-state index in [-0.39, 0.29) is 24.0 Å². The van der Waals surface area contributed by atoms with E-state index in [4.69, 9.17) is 0 Å². The van der Waals surface area contributed by atoms with Crippen molar-refractivity contribution in [2.75, 3.05) is 18.4 Å². The van der Waals surface area contributed by atoms with E-state index in [2.05, 4.69) is 5.32 Å². The van der Waals surface area contributed by atoms with Gasteiger partial charge < -0.3 is 10.6 Å². The molecule has 1 saturated heterocycles. The summed E-state index contributed by atoms with van der Waals surface area (Å²) in [5.41, 5.74) is 0.314. The van der Waals surface area contributed by atoms with Crippen molar-refractivity contribution in [2.45, 2.75) is 24.9 Å². The van der Waals surface area contributed by atoms with Crippen LogP contribution in [0.2, 0.25) is 0 Å². The molecule has 118 valence electrons. The van der Waals surface area contributed by atoms with Crippen molar-refractivity contribution in [3.63, 3.8) is 0 Å². The Balaban J connectivity index is 0.00000220. The highest BCUT2D eigenvalue weighted by molar-refractivity contribution is 5.94. The maximum absolute atomic E-state index is 13.8. The molecule has 0 radical (unpaired) electrons. The molecule has 0 spiro atoms. The normalized spacial score (nSPS) is 16.2. The molecule has 21 heavy (non-hydrogen) atoms. The predicted molar refractivity (Wildman–Crippen MR) is 73.2 cm³/mol. The van der Waals surface area contributed by atoms with Crippen LogP contribution in [0, 0.1) is 5.82 Å². The molecule has 0 atom stereocenters. The topological polar surface area (TPSA) is 41.1 Å². The number of hydrogen-bond donors (Lipinski definition) is 2. The molecule has 0 bridgehead atoms. The van der Waals surface area contributed by atoms with Crippen molar-refractivity contribution in [2.24, 2.45) is 0 Å². The Labute approximate surface area is 125 Å². The molecule has 1 fully saturated rings. The van der Waals surface area contributed by atoms with E-state index in [0.29, 0.717) is 18.4 Å². The third-order valence-electron chi connectivity index (χ3n) is 3.29. The molecule has 3 nitrogen and oxygen atoms in total. The van der Waals surface area contributed by atoms with Crippen molar-refractivity contribution >= 4 is 24.0 Å². The first-order chi connectivity index (χ1) is 9.38. The maximum Gasteiger partial charge on any atom is 0.471 e. The first-order valence-electron chi connectivity index (χ1n) is 6.26. The van der Waals surface area contributed by atoms with E-state index < -0.39 is 17.9 Å². The summed E-state index contributed by atoms with van der Waals surface area (Å²) in [7, 11) is 0. The van der Waals surface area contributed by atoms with Crippen LogP contribution in [0.25, 0.3) is 0 Å². The molecule has 1 aliphatic heterocycles. The number of nitrogens with one attached hydrogen (secondary N) is 2. The molecular weight excluding hydrogens is 312 g/mol.